The summed E-state index contributed by atoms with van der Waals surface area (Å²) in [6, 6.07) is 4.47. The van der Waals surface area contributed by atoms with Crippen molar-refractivity contribution in [3.8, 4) is 0 Å². The summed E-state index contributed by atoms with van der Waals surface area (Å²) < 4.78 is 26.4. The summed E-state index contributed by atoms with van der Waals surface area (Å²) in [4.78, 5) is 22.9. The Kier molecular flexibility index (Phi) is 5.61. The first-order valence-corrected chi connectivity index (χ1v) is 7.44. The largest absolute Gasteiger partial charge is 0.293 e. The van der Waals surface area contributed by atoms with Gasteiger partial charge in [0.05, 0.1) is 23.6 Å². The van der Waals surface area contributed by atoms with E-state index in [1.165, 1.54) is 0 Å². The Morgan fingerprint density at radius 2 is 2.13 bits per heavy atom. The summed E-state index contributed by atoms with van der Waals surface area (Å²) in [6.45, 7) is 1.82. The van der Waals surface area contributed by atoms with Gasteiger partial charge in [-0.15, -0.1) is 0 Å². The van der Waals surface area contributed by atoms with Crippen molar-refractivity contribution >= 4 is 17.5 Å². The van der Waals surface area contributed by atoms with Gasteiger partial charge in [0.1, 0.15) is 11.6 Å². The van der Waals surface area contributed by atoms with E-state index in [0.29, 0.717) is 22.6 Å². The molecule has 0 aliphatic rings. The molecule has 0 aliphatic carbocycles. The molecule has 0 fully saturated rings. The minimum absolute atomic E-state index is 0.0773. The van der Waals surface area contributed by atoms with Gasteiger partial charge in [-0.2, -0.15) is 0 Å². The van der Waals surface area contributed by atoms with Gasteiger partial charge in [-0.1, -0.05) is 16.9 Å². The Balaban J connectivity index is 2.09. The van der Waals surface area contributed by atoms with Crippen molar-refractivity contribution < 1.29 is 13.6 Å². The van der Waals surface area contributed by atoms with Crippen LogP contribution in [0.25, 0.3) is 10.4 Å². The number of aromatic nitrogens is 2. The second-order valence-corrected chi connectivity index (χ2v) is 5.45. The molecule has 0 saturated heterocycles. The van der Waals surface area contributed by atoms with Crippen LogP contribution in [0.5, 0.6) is 0 Å². The van der Waals surface area contributed by atoms with E-state index in [9.17, 15) is 13.6 Å². The summed E-state index contributed by atoms with van der Waals surface area (Å²) in [7, 11) is 0. The summed E-state index contributed by atoms with van der Waals surface area (Å²) in [5, 5.41) is 3.74. The van der Waals surface area contributed by atoms with Crippen molar-refractivity contribution in [1.29, 1.82) is 0 Å². The number of azide groups is 1. The molecule has 1 aromatic heterocycles. The Hall–Kier alpha value is -2.51. The lowest BCUT2D eigenvalue weighted by Gasteiger charge is -2.05. The van der Waals surface area contributed by atoms with Crippen molar-refractivity contribution in [2.24, 2.45) is 5.11 Å². The summed E-state index contributed by atoms with van der Waals surface area (Å²) >= 11 is 1.03. The minimum Gasteiger partial charge on any atom is -0.293 e. The molecule has 0 spiro atoms. The highest BCUT2D eigenvalue weighted by Crippen LogP contribution is 2.18. The zero-order valence-electron chi connectivity index (χ0n) is 12.0. The molecule has 9 heteroatoms. The lowest BCUT2D eigenvalue weighted by molar-refractivity contribution is 0.101. The number of thioether (sulfide) groups is 1. The first-order chi connectivity index (χ1) is 11.0. The third kappa shape index (κ3) is 4.73. The van der Waals surface area contributed by atoms with E-state index < -0.39 is 17.4 Å². The molecule has 0 bridgehead atoms. The minimum atomic E-state index is -0.898. The molecule has 0 unspecified atom stereocenters. The second-order valence-electron chi connectivity index (χ2n) is 4.51. The van der Waals surface area contributed by atoms with Crippen molar-refractivity contribution in [3.05, 3.63) is 63.3 Å². The summed E-state index contributed by atoms with van der Waals surface area (Å²) in [5.41, 5.74) is 9.32. The van der Waals surface area contributed by atoms with Crippen molar-refractivity contribution in [1.82, 2.24) is 9.97 Å². The number of carbonyl (C=O) groups is 1. The topological polar surface area (TPSA) is 91.6 Å². The second kappa shape index (κ2) is 7.66. The smallest absolute Gasteiger partial charge is 0.188 e. The Morgan fingerprint density at radius 3 is 2.83 bits per heavy atom. The van der Waals surface area contributed by atoms with E-state index in [2.05, 4.69) is 20.0 Å². The maximum atomic E-state index is 13.5. The van der Waals surface area contributed by atoms with Crippen LogP contribution in [0.4, 0.5) is 8.78 Å². The van der Waals surface area contributed by atoms with Gasteiger partial charge in [-0.05, 0) is 30.7 Å². The van der Waals surface area contributed by atoms with E-state index in [1.54, 1.807) is 13.0 Å². The van der Waals surface area contributed by atoms with Crippen LogP contribution in [0.1, 0.15) is 21.7 Å². The fraction of sp³-hybridized carbons (Fsp3) is 0.214. The molecule has 1 heterocycles. The Bertz CT molecular complexity index is 793. The van der Waals surface area contributed by atoms with Crippen molar-refractivity contribution in [2.75, 3.05) is 5.75 Å². The molecule has 0 saturated carbocycles. The Labute approximate surface area is 134 Å². The molecule has 6 nitrogen and oxygen atoms in total. The van der Waals surface area contributed by atoms with Gasteiger partial charge in [-0.3, -0.25) is 4.79 Å². The molecule has 2 aromatic rings. The monoisotopic (exact) mass is 335 g/mol. The van der Waals surface area contributed by atoms with E-state index in [1.807, 2.05) is 0 Å². The van der Waals surface area contributed by atoms with Gasteiger partial charge < -0.3 is 0 Å². The third-order valence-electron chi connectivity index (χ3n) is 2.75. The first-order valence-electron chi connectivity index (χ1n) is 6.46. The van der Waals surface area contributed by atoms with Crippen LogP contribution < -0.4 is 0 Å². The number of Topliss-reactive ketones (excluding diaryl/α,β-unsaturated/α-hetero) is 1. The number of rotatable bonds is 6. The van der Waals surface area contributed by atoms with Gasteiger partial charge in [0.15, 0.2) is 10.9 Å². The van der Waals surface area contributed by atoms with Crippen LogP contribution in [-0.4, -0.2) is 21.5 Å². The normalized spacial score (nSPS) is 10.2. The summed E-state index contributed by atoms with van der Waals surface area (Å²) in [6.07, 6.45) is 0. The molecule has 0 N–H and O–H groups in total. The standard InChI is InChI=1S/C14H11F2N5OS/c1-8-4-10(6-18-21-17)20-14(19-8)23-7-13(22)11-3-2-9(15)5-12(11)16/h2-5H,6-7H2,1H3. The zero-order valence-corrected chi connectivity index (χ0v) is 12.8. The molecule has 1 aromatic carbocycles. The fourth-order valence-corrected chi connectivity index (χ4v) is 2.58. The average molecular weight is 335 g/mol. The molecule has 0 radical (unpaired) electrons. The number of benzene rings is 1. The quantitative estimate of drug-likeness (QED) is 0.200. The van der Waals surface area contributed by atoms with E-state index in [-0.39, 0.29) is 17.9 Å². The highest BCUT2D eigenvalue weighted by atomic mass is 32.2. The molecular weight excluding hydrogens is 324 g/mol. The molecule has 0 amide bonds. The lowest BCUT2D eigenvalue weighted by atomic mass is 10.1. The SMILES string of the molecule is Cc1cc(CN=[N+]=[N-])nc(SCC(=O)c2ccc(F)cc2F)n1. The number of hydrogen-bond acceptors (Lipinski definition) is 5. The third-order valence-corrected chi connectivity index (χ3v) is 3.59. The number of nitrogens with zero attached hydrogens (tertiary/aromatic N) is 5. The molecule has 0 aliphatic heterocycles. The lowest BCUT2D eigenvalue weighted by Crippen LogP contribution is -2.07. The number of hydrogen-bond donors (Lipinski definition) is 0. The van der Waals surface area contributed by atoms with Crippen LogP contribution in [-0.2, 0) is 6.54 Å². The Morgan fingerprint density at radius 1 is 1.35 bits per heavy atom. The van der Waals surface area contributed by atoms with Crippen LogP contribution in [0, 0.1) is 18.6 Å². The highest BCUT2D eigenvalue weighted by Gasteiger charge is 2.14. The van der Waals surface area contributed by atoms with E-state index in [0.717, 1.165) is 23.9 Å². The van der Waals surface area contributed by atoms with Gasteiger partial charge in [0.2, 0.25) is 0 Å². The predicted molar refractivity (Wildman–Crippen MR) is 81.0 cm³/mol. The molecular formula is C14H11F2N5OS. The number of aryl methyl sites for hydroxylation is 1. The summed E-state index contributed by atoms with van der Waals surface area (Å²) in [5.74, 6) is -2.22. The van der Waals surface area contributed by atoms with E-state index >= 15 is 0 Å². The van der Waals surface area contributed by atoms with E-state index in [4.69, 9.17) is 5.53 Å². The van der Waals surface area contributed by atoms with Gasteiger partial charge in [0.25, 0.3) is 0 Å². The molecule has 0 atom stereocenters. The van der Waals surface area contributed by atoms with Crippen LogP contribution >= 0.6 is 11.8 Å². The van der Waals surface area contributed by atoms with Crippen LogP contribution in [0.3, 0.4) is 0 Å². The molecule has 2 rings (SSSR count). The first kappa shape index (κ1) is 16.9. The highest BCUT2D eigenvalue weighted by molar-refractivity contribution is 7.99. The van der Waals surface area contributed by atoms with Crippen LogP contribution in [0.2, 0.25) is 0 Å². The van der Waals surface area contributed by atoms with Crippen molar-refractivity contribution in [3.63, 3.8) is 0 Å². The average Bonchev–Trinajstić information content (AvgIpc) is 2.50. The number of halogens is 2. The van der Waals surface area contributed by atoms with Gasteiger partial charge >= 0.3 is 0 Å². The van der Waals surface area contributed by atoms with Crippen molar-refractivity contribution in [2.45, 2.75) is 18.6 Å². The van der Waals surface area contributed by atoms with Crippen LogP contribution in [0.15, 0.2) is 34.5 Å². The maximum Gasteiger partial charge on any atom is 0.188 e. The number of carbonyl (C=O) groups excluding carboxylic acids is 1. The number of ketones is 1. The maximum absolute atomic E-state index is 13.5. The fourth-order valence-electron chi connectivity index (χ4n) is 1.78. The van der Waals surface area contributed by atoms with Gasteiger partial charge in [0, 0.05) is 16.7 Å². The predicted octanol–water partition coefficient (Wildman–Crippen LogP) is 3.85. The molecule has 23 heavy (non-hydrogen) atoms. The zero-order chi connectivity index (χ0) is 16.8. The van der Waals surface area contributed by atoms with Gasteiger partial charge in [-0.25, -0.2) is 18.7 Å². The molecule has 118 valence electrons.